The molecule has 0 fully saturated rings. The van der Waals surface area contributed by atoms with Crippen LogP contribution in [0.3, 0.4) is 0 Å². The van der Waals surface area contributed by atoms with Crippen molar-refractivity contribution in [3.63, 3.8) is 0 Å². The minimum absolute atomic E-state index is 0.643. The van der Waals surface area contributed by atoms with Crippen molar-refractivity contribution < 1.29 is 8.83 Å². The highest BCUT2D eigenvalue weighted by Crippen LogP contribution is 2.51. The van der Waals surface area contributed by atoms with Crippen LogP contribution < -0.4 is 4.90 Å². The number of anilines is 3. The molecule has 0 amide bonds. The zero-order valence-electron chi connectivity index (χ0n) is 28.2. The molecule has 53 heavy (non-hydrogen) atoms. The first kappa shape index (κ1) is 28.5. The van der Waals surface area contributed by atoms with Crippen molar-refractivity contribution in [2.24, 2.45) is 0 Å². The van der Waals surface area contributed by atoms with Gasteiger partial charge in [0.05, 0.1) is 11.4 Å². The molecular formula is C48H27N3O2. The maximum Gasteiger partial charge on any atom is 0.180 e. The fourth-order valence-electron chi connectivity index (χ4n) is 8.51. The van der Waals surface area contributed by atoms with Gasteiger partial charge in [0.15, 0.2) is 11.4 Å². The van der Waals surface area contributed by atoms with Crippen molar-refractivity contribution in [1.82, 2.24) is 9.97 Å². The molecule has 0 radical (unpaired) electrons. The molecule has 1 aliphatic heterocycles. The van der Waals surface area contributed by atoms with E-state index >= 15 is 0 Å². The van der Waals surface area contributed by atoms with Crippen molar-refractivity contribution >= 4 is 82.6 Å². The summed E-state index contributed by atoms with van der Waals surface area (Å²) in [4.78, 5) is 13.0. The molecule has 0 saturated carbocycles. The first-order valence-corrected chi connectivity index (χ1v) is 17.8. The lowest BCUT2D eigenvalue weighted by atomic mass is 9.90. The third-order valence-corrected chi connectivity index (χ3v) is 10.8. The van der Waals surface area contributed by atoms with Gasteiger partial charge >= 0.3 is 0 Å². The quantitative estimate of drug-likeness (QED) is 0.186. The first-order valence-electron chi connectivity index (χ1n) is 17.8. The predicted molar refractivity (Wildman–Crippen MR) is 216 cm³/mol. The Kier molecular flexibility index (Phi) is 5.71. The van der Waals surface area contributed by atoms with Crippen LogP contribution in [-0.2, 0) is 0 Å². The van der Waals surface area contributed by atoms with Crippen LogP contribution in [0.15, 0.2) is 173 Å². The van der Waals surface area contributed by atoms with Crippen LogP contribution in [0.4, 0.5) is 17.1 Å². The number of benzene rings is 8. The molecule has 0 spiro atoms. The lowest BCUT2D eigenvalue weighted by molar-refractivity contribution is 0.667. The number of aromatic nitrogens is 2. The van der Waals surface area contributed by atoms with Crippen LogP contribution in [0.25, 0.3) is 99.3 Å². The van der Waals surface area contributed by atoms with E-state index in [2.05, 4.69) is 120 Å². The largest absolute Gasteiger partial charge is 0.456 e. The van der Waals surface area contributed by atoms with Gasteiger partial charge in [0.2, 0.25) is 0 Å². The van der Waals surface area contributed by atoms with Crippen molar-refractivity contribution in [3.05, 3.63) is 164 Å². The van der Waals surface area contributed by atoms with E-state index in [1.165, 1.54) is 33.3 Å². The Labute approximate surface area is 303 Å². The Balaban J connectivity index is 1.09. The summed E-state index contributed by atoms with van der Waals surface area (Å²) in [6.45, 7) is 0. The Morgan fingerprint density at radius 3 is 1.98 bits per heavy atom. The van der Waals surface area contributed by atoms with Gasteiger partial charge in [-0.15, -0.1) is 0 Å². The Hall–Kier alpha value is -7.24. The maximum absolute atomic E-state index is 6.55. The molecule has 0 unspecified atom stereocenters. The Bertz CT molecular complexity index is 3310. The molecule has 0 aliphatic carbocycles. The van der Waals surface area contributed by atoms with E-state index in [-0.39, 0.29) is 0 Å². The zero-order valence-corrected chi connectivity index (χ0v) is 28.2. The number of hydrogen-bond donors (Lipinski definition) is 0. The number of fused-ring (bicyclic) bond motifs is 9. The molecule has 11 aromatic rings. The summed E-state index contributed by atoms with van der Waals surface area (Å²) in [6.07, 6.45) is 0. The molecule has 0 bridgehead atoms. The Morgan fingerprint density at radius 2 is 1.08 bits per heavy atom. The zero-order chi connectivity index (χ0) is 34.6. The van der Waals surface area contributed by atoms with Crippen LogP contribution in [0, 0.1) is 0 Å². The van der Waals surface area contributed by atoms with Gasteiger partial charge in [0.25, 0.3) is 0 Å². The van der Waals surface area contributed by atoms with Crippen molar-refractivity contribution in [2.45, 2.75) is 0 Å². The minimum atomic E-state index is 0.643. The average Bonchev–Trinajstić information content (AvgIpc) is 3.79. The third kappa shape index (κ3) is 4.02. The van der Waals surface area contributed by atoms with Gasteiger partial charge in [0.1, 0.15) is 28.0 Å². The molecule has 5 heteroatoms. The molecule has 3 aromatic heterocycles. The fraction of sp³-hybridized carbons (Fsp3) is 0. The van der Waals surface area contributed by atoms with E-state index in [1.54, 1.807) is 0 Å². The van der Waals surface area contributed by atoms with Gasteiger partial charge in [-0.3, -0.25) is 0 Å². The number of nitrogens with zero attached hydrogens (tertiary/aromatic N) is 3. The van der Waals surface area contributed by atoms with Crippen molar-refractivity contribution in [1.29, 1.82) is 0 Å². The number of furan rings is 2. The summed E-state index contributed by atoms with van der Waals surface area (Å²) in [7, 11) is 0. The molecule has 12 rings (SSSR count). The second kappa shape index (κ2) is 10.6. The van der Waals surface area contributed by atoms with Gasteiger partial charge in [-0.05, 0) is 70.3 Å². The average molecular weight is 678 g/mol. The lowest BCUT2D eigenvalue weighted by Crippen LogP contribution is -2.14. The monoisotopic (exact) mass is 677 g/mol. The van der Waals surface area contributed by atoms with E-state index in [0.29, 0.717) is 11.4 Å². The number of para-hydroxylation sites is 3. The molecule has 5 nitrogen and oxygen atoms in total. The van der Waals surface area contributed by atoms with Crippen LogP contribution >= 0.6 is 0 Å². The fourth-order valence-corrected chi connectivity index (χ4v) is 8.51. The summed E-state index contributed by atoms with van der Waals surface area (Å²) in [5.74, 6) is 0.643. The van der Waals surface area contributed by atoms with E-state index in [9.17, 15) is 0 Å². The van der Waals surface area contributed by atoms with Crippen LogP contribution in [0.1, 0.15) is 0 Å². The van der Waals surface area contributed by atoms with Gasteiger partial charge in [-0.2, -0.15) is 0 Å². The van der Waals surface area contributed by atoms with E-state index < -0.39 is 0 Å². The lowest BCUT2D eigenvalue weighted by Gasteiger charge is -2.33. The van der Waals surface area contributed by atoms with Crippen LogP contribution in [0.2, 0.25) is 0 Å². The van der Waals surface area contributed by atoms with Gasteiger partial charge in [0, 0.05) is 43.9 Å². The number of rotatable bonds is 3. The van der Waals surface area contributed by atoms with E-state index in [0.717, 1.165) is 71.7 Å². The maximum atomic E-state index is 6.55. The summed E-state index contributed by atoms with van der Waals surface area (Å²) < 4.78 is 12.9. The summed E-state index contributed by atoms with van der Waals surface area (Å²) in [5, 5.41) is 7.69. The minimum Gasteiger partial charge on any atom is -0.456 e. The smallest absolute Gasteiger partial charge is 0.180 e. The second-order valence-corrected chi connectivity index (χ2v) is 13.7. The van der Waals surface area contributed by atoms with E-state index in [4.69, 9.17) is 18.8 Å². The normalized spacial score (nSPS) is 12.5. The molecule has 0 saturated heterocycles. The molecule has 0 atom stereocenters. The highest BCUT2D eigenvalue weighted by atomic mass is 16.3. The summed E-state index contributed by atoms with van der Waals surface area (Å²) in [5.41, 5.74) is 12.5. The molecular weight excluding hydrogens is 651 g/mol. The SMILES string of the molecule is c1ccc2c(c1)-c1cccc3cccc(c13)N2c1ccc2c(-c3nc(-c4cccc5oc6ccccc6c45)c4oc5ccccc5c4n3)cccc2c1. The predicted octanol–water partition coefficient (Wildman–Crippen LogP) is 13.4. The Morgan fingerprint density at radius 1 is 0.415 bits per heavy atom. The second-order valence-electron chi connectivity index (χ2n) is 13.7. The van der Waals surface area contributed by atoms with Crippen LogP contribution in [-0.4, -0.2) is 9.97 Å². The highest BCUT2D eigenvalue weighted by Gasteiger charge is 2.26. The molecule has 4 heterocycles. The van der Waals surface area contributed by atoms with Crippen molar-refractivity contribution in [3.8, 4) is 33.8 Å². The van der Waals surface area contributed by atoms with E-state index in [1.807, 2.05) is 48.5 Å². The topological polar surface area (TPSA) is 55.3 Å². The van der Waals surface area contributed by atoms with Crippen molar-refractivity contribution in [2.75, 3.05) is 4.90 Å². The molecule has 1 aliphatic rings. The molecule has 8 aromatic carbocycles. The standard InChI is InChI=1S/C48H27N3O2/c1-4-20-38-32(14-1)33-17-7-11-28-12-9-21-39(43(28)33)51(38)30-25-26-31-29(27-30)13-8-18-34(31)48-49-45-36-16-3-6-23-41(36)53-47(45)46(50-48)37-19-10-24-42-44(37)35-15-2-5-22-40(35)52-42/h1-27H. The third-order valence-electron chi connectivity index (χ3n) is 10.8. The highest BCUT2D eigenvalue weighted by molar-refractivity contribution is 6.17. The molecule has 0 N–H and O–H groups in total. The molecule has 246 valence electrons. The van der Waals surface area contributed by atoms with Gasteiger partial charge in [-0.1, -0.05) is 115 Å². The number of hydrogen-bond acceptors (Lipinski definition) is 5. The van der Waals surface area contributed by atoms with Crippen LogP contribution in [0.5, 0.6) is 0 Å². The van der Waals surface area contributed by atoms with Gasteiger partial charge < -0.3 is 13.7 Å². The first-order chi connectivity index (χ1) is 26.3. The van der Waals surface area contributed by atoms with Gasteiger partial charge in [-0.25, -0.2) is 9.97 Å². The summed E-state index contributed by atoms with van der Waals surface area (Å²) in [6, 6.07) is 57.4. The summed E-state index contributed by atoms with van der Waals surface area (Å²) >= 11 is 0.